The number of rotatable bonds is 1. The molecule has 0 bridgehead atoms. The van der Waals surface area contributed by atoms with E-state index < -0.39 is 17.9 Å². The highest BCUT2D eigenvalue weighted by atomic mass is 16.7. The number of hydroxylamine groups is 1. The maximum Gasteiger partial charge on any atom is 0.321 e. The molecule has 0 aliphatic carbocycles. The van der Waals surface area contributed by atoms with E-state index in [-0.39, 0.29) is 12.0 Å². The van der Waals surface area contributed by atoms with Crippen LogP contribution in [0.15, 0.2) is 0 Å². The molecule has 66 valence electrons. The summed E-state index contributed by atoms with van der Waals surface area (Å²) in [7, 11) is 0. The lowest BCUT2D eigenvalue weighted by Gasteiger charge is -2.08. The van der Waals surface area contributed by atoms with Crippen LogP contribution < -0.4 is 10.8 Å². The van der Waals surface area contributed by atoms with E-state index in [0.717, 1.165) is 0 Å². The van der Waals surface area contributed by atoms with Crippen molar-refractivity contribution >= 4 is 11.9 Å². The minimum absolute atomic E-state index is 0.335. The SMILES string of the molecule is O=C1NO[C@H]2CN[C@@H](C(=O)O)[C@@H]12. The molecular formula is C6H8N2O4. The molecule has 0 aromatic heterocycles. The summed E-state index contributed by atoms with van der Waals surface area (Å²) < 4.78 is 0. The number of carbonyl (C=O) groups is 2. The van der Waals surface area contributed by atoms with Crippen molar-refractivity contribution in [1.82, 2.24) is 10.8 Å². The summed E-state index contributed by atoms with van der Waals surface area (Å²) in [4.78, 5) is 26.5. The smallest absolute Gasteiger partial charge is 0.321 e. The van der Waals surface area contributed by atoms with Crippen molar-refractivity contribution in [3.63, 3.8) is 0 Å². The summed E-state index contributed by atoms with van der Waals surface area (Å²) in [6.07, 6.45) is -0.335. The number of carboxylic acids is 1. The third kappa shape index (κ3) is 0.886. The van der Waals surface area contributed by atoms with E-state index in [1.54, 1.807) is 0 Å². The van der Waals surface area contributed by atoms with E-state index in [0.29, 0.717) is 6.54 Å². The molecule has 3 N–H and O–H groups in total. The normalized spacial score (nSPS) is 39.3. The van der Waals surface area contributed by atoms with Gasteiger partial charge in [0, 0.05) is 6.54 Å². The molecule has 2 fully saturated rings. The quantitative estimate of drug-likeness (QED) is 0.429. The van der Waals surface area contributed by atoms with E-state index in [4.69, 9.17) is 9.94 Å². The molecule has 2 saturated heterocycles. The summed E-state index contributed by atoms with van der Waals surface area (Å²) in [5, 5.41) is 11.4. The van der Waals surface area contributed by atoms with Gasteiger partial charge in [-0.15, -0.1) is 0 Å². The van der Waals surface area contributed by atoms with Crippen molar-refractivity contribution in [3.8, 4) is 0 Å². The number of carbonyl (C=O) groups excluding carboxylic acids is 1. The molecule has 12 heavy (non-hydrogen) atoms. The van der Waals surface area contributed by atoms with Gasteiger partial charge in [0.05, 0.1) is 5.92 Å². The fourth-order valence-corrected chi connectivity index (χ4v) is 1.59. The zero-order valence-electron chi connectivity index (χ0n) is 6.11. The summed E-state index contributed by atoms with van der Waals surface area (Å²) in [6.45, 7) is 0.403. The predicted molar refractivity (Wildman–Crippen MR) is 35.9 cm³/mol. The lowest BCUT2D eigenvalue weighted by molar-refractivity contribution is -0.142. The molecule has 2 aliphatic rings. The molecule has 6 heteroatoms. The van der Waals surface area contributed by atoms with Gasteiger partial charge in [-0.25, -0.2) is 5.48 Å². The largest absolute Gasteiger partial charge is 0.480 e. The van der Waals surface area contributed by atoms with Gasteiger partial charge in [0.15, 0.2) is 0 Å². The maximum absolute atomic E-state index is 11.0. The Hall–Kier alpha value is -1.14. The summed E-state index contributed by atoms with van der Waals surface area (Å²) in [6, 6.07) is -0.808. The van der Waals surface area contributed by atoms with Crippen molar-refractivity contribution in [2.24, 2.45) is 5.92 Å². The molecule has 0 aromatic rings. The maximum atomic E-state index is 11.0. The Kier molecular flexibility index (Phi) is 1.52. The van der Waals surface area contributed by atoms with Crippen LogP contribution in [0.3, 0.4) is 0 Å². The average molecular weight is 172 g/mol. The molecule has 3 atom stereocenters. The van der Waals surface area contributed by atoms with Crippen LogP contribution in [0.25, 0.3) is 0 Å². The minimum Gasteiger partial charge on any atom is -0.480 e. The first-order chi connectivity index (χ1) is 5.70. The molecule has 2 heterocycles. The summed E-state index contributed by atoms with van der Waals surface area (Å²) in [5.74, 6) is -1.94. The highest BCUT2D eigenvalue weighted by molar-refractivity contribution is 5.88. The van der Waals surface area contributed by atoms with Crippen molar-refractivity contribution in [2.75, 3.05) is 6.54 Å². The third-order valence-corrected chi connectivity index (χ3v) is 2.18. The zero-order valence-corrected chi connectivity index (χ0v) is 6.11. The molecule has 0 unspecified atom stereocenters. The molecule has 0 spiro atoms. The van der Waals surface area contributed by atoms with Gasteiger partial charge in [-0.3, -0.25) is 14.4 Å². The van der Waals surface area contributed by atoms with Crippen LogP contribution in [0.4, 0.5) is 0 Å². The first kappa shape index (κ1) is 7.51. The van der Waals surface area contributed by atoms with E-state index in [1.165, 1.54) is 0 Å². The zero-order chi connectivity index (χ0) is 8.72. The standard InChI is InChI=1S/C6H8N2O4/c9-5-3-2(12-8-5)1-7-4(3)6(10)11/h2-4,7H,1H2,(H,8,9)(H,10,11)/t2-,3-,4+/m0/s1. The topological polar surface area (TPSA) is 87.7 Å². The van der Waals surface area contributed by atoms with E-state index in [1.807, 2.05) is 0 Å². The molecular weight excluding hydrogens is 164 g/mol. The van der Waals surface area contributed by atoms with Gasteiger partial charge < -0.3 is 10.4 Å². The monoisotopic (exact) mass is 172 g/mol. The van der Waals surface area contributed by atoms with Crippen molar-refractivity contribution in [2.45, 2.75) is 12.1 Å². The average Bonchev–Trinajstić information content (AvgIpc) is 2.53. The first-order valence-electron chi connectivity index (χ1n) is 3.62. The Bertz CT molecular complexity index is 242. The number of amides is 1. The highest BCUT2D eigenvalue weighted by Crippen LogP contribution is 2.23. The van der Waals surface area contributed by atoms with Crippen molar-refractivity contribution in [3.05, 3.63) is 0 Å². The van der Waals surface area contributed by atoms with Gasteiger partial charge in [0.25, 0.3) is 5.91 Å². The van der Waals surface area contributed by atoms with Crippen LogP contribution in [-0.4, -0.2) is 35.7 Å². The number of hydrogen-bond donors (Lipinski definition) is 3. The van der Waals surface area contributed by atoms with Crippen molar-refractivity contribution in [1.29, 1.82) is 0 Å². The Labute approximate surface area is 67.8 Å². The van der Waals surface area contributed by atoms with Crippen LogP contribution >= 0.6 is 0 Å². The van der Waals surface area contributed by atoms with Crippen molar-refractivity contribution < 1.29 is 19.5 Å². The highest BCUT2D eigenvalue weighted by Gasteiger charge is 2.49. The number of hydrogen-bond acceptors (Lipinski definition) is 4. The van der Waals surface area contributed by atoms with Crippen LogP contribution in [0.1, 0.15) is 0 Å². The molecule has 2 aliphatic heterocycles. The number of aliphatic carboxylic acids is 1. The molecule has 0 saturated carbocycles. The van der Waals surface area contributed by atoms with Gasteiger partial charge in [-0.1, -0.05) is 0 Å². The van der Waals surface area contributed by atoms with Gasteiger partial charge in [-0.2, -0.15) is 0 Å². The predicted octanol–water partition coefficient (Wildman–Crippen LogP) is -1.91. The van der Waals surface area contributed by atoms with Crippen LogP contribution in [-0.2, 0) is 14.4 Å². The lowest BCUT2D eigenvalue weighted by Crippen LogP contribution is -2.40. The van der Waals surface area contributed by atoms with E-state index in [2.05, 4.69) is 10.8 Å². The molecule has 6 nitrogen and oxygen atoms in total. The molecule has 0 radical (unpaired) electrons. The Balaban J connectivity index is 2.19. The fraction of sp³-hybridized carbons (Fsp3) is 0.667. The summed E-state index contributed by atoms with van der Waals surface area (Å²) >= 11 is 0. The second-order valence-corrected chi connectivity index (χ2v) is 2.87. The fourth-order valence-electron chi connectivity index (χ4n) is 1.59. The van der Waals surface area contributed by atoms with E-state index >= 15 is 0 Å². The Morgan fingerprint density at radius 3 is 3.08 bits per heavy atom. The molecule has 1 amide bonds. The van der Waals surface area contributed by atoms with Crippen LogP contribution in [0.5, 0.6) is 0 Å². The third-order valence-electron chi connectivity index (χ3n) is 2.18. The van der Waals surface area contributed by atoms with Gasteiger partial charge in [0.2, 0.25) is 0 Å². The van der Waals surface area contributed by atoms with Crippen LogP contribution in [0.2, 0.25) is 0 Å². The Morgan fingerprint density at radius 1 is 1.67 bits per heavy atom. The first-order valence-corrected chi connectivity index (χ1v) is 3.62. The second-order valence-electron chi connectivity index (χ2n) is 2.87. The summed E-state index contributed by atoms with van der Waals surface area (Å²) in [5.41, 5.74) is 2.16. The lowest BCUT2D eigenvalue weighted by atomic mass is 9.99. The minimum atomic E-state index is -1.01. The number of nitrogens with one attached hydrogen (secondary N) is 2. The van der Waals surface area contributed by atoms with Crippen LogP contribution in [0, 0.1) is 5.92 Å². The molecule has 2 rings (SSSR count). The number of carboxylic acid groups (broad SMARTS) is 1. The van der Waals surface area contributed by atoms with E-state index in [9.17, 15) is 9.59 Å². The second kappa shape index (κ2) is 2.43. The van der Waals surface area contributed by atoms with Gasteiger partial charge in [-0.05, 0) is 0 Å². The molecule has 0 aromatic carbocycles. The van der Waals surface area contributed by atoms with Gasteiger partial charge in [0.1, 0.15) is 12.1 Å². The number of fused-ring (bicyclic) bond motifs is 1. The van der Waals surface area contributed by atoms with Gasteiger partial charge >= 0.3 is 5.97 Å². The Morgan fingerprint density at radius 2 is 2.42 bits per heavy atom.